The predicted molar refractivity (Wildman–Crippen MR) is 86.4 cm³/mol. The van der Waals surface area contributed by atoms with Crippen molar-refractivity contribution in [3.05, 3.63) is 29.8 Å². The van der Waals surface area contributed by atoms with Gasteiger partial charge in [-0.15, -0.1) is 0 Å². The maximum atomic E-state index is 12.3. The van der Waals surface area contributed by atoms with Crippen molar-refractivity contribution in [3.8, 4) is 5.75 Å². The zero-order valence-electron chi connectivity index (χ0n) is 13.7. The maximum absolute atomic E-state index is 12.3. The molecule has 5 nitrogen and oxygen atoms in total. The number of nitrogens with zero attached hydrogens (tertiary/aromatic N) is 1. The molecule has 0 atom stereocenters. The molecule has 122 valence electrons. The summed E-state index contributed by atoms with van der Waals surface area (Å²) in [4.78, 5) is 14.5. The Labute approximate surface area is 132 Å². The van der Waals surface area contributed by atoms with Gasteiger partial charge in [0.1, 0.15) is 5.75 Å². The van der Waals surface area contributed by atoms with E-state index in [2.05, 4.69) is 24.3 Å². The molecule has 22 heavy (non-hydrogen) atoms. The lowest BCUT2D eigenvalue weighted by Crippen LogP contribution is -2.55. The molecule has 1 N–H and O–H groups in total. The summed E-state index contributed by atoms with van der Waals surface area (Å²) in [5.74, 6) is 0.740. The van der Waals surface area contributed by atoms with E-state index < -0.39 is 0 Å². The second-order valence-electron chi connectivity index (χ2n) is 5.87. The summed E-state index contributed by atoms with van der Waals surface area (Å²) in [6, 6.07) is 7.25. The number of hydrogen-bond acceptors (Lipinski definition) is 4. The highest BCUT2D eigenvalue weighted by molar-refractivity contribution is 5.94. The molecular formula is C17H26N2O3. The van der Waals surface area contributed by atoms with Crippen LogP contribution in [0, 0.1) is 0 Å². The normalized spacial score (nSPS) is 17.3. The minimum Gasteiger partial charge on any atom is -0.494 e. The van der Waals surface area contributed by atoms with Crippen LogP contribution in [0.2, 0.25) is 0 Å². The van der Waals surface area contributed by atoms with E-state index in [1.54, 1.807) is 12.1 Å². The van der Waals surface area contributed by atoms with E-state index >= 15 is 0 Å². The molecule has 5 heteroatoms. The van der Waals surface area contributed by atoms with Gasteiger partial charge in [0.25, 0.3) is 5.91 Å². The highest BCUT2D eigenvalue weighted by Crippen LogP contribution is 2.25. The number of likely N-dealkylation sites (N-methyl/N-ethyl adjacent to an activating group) is 1. The quantitative estimate of drug-likeness (QED) is 0.872. The van der Waals surface area contributed by atoms with Crippen LogP contribution in [0.15, 0.2) is 24.3 Å². The van der Waals surface area contributed by atoms with Crippen LogP contribution in [0.1, 0.15) is 30.1 Å². The minimum absolute atomic E-state index is 0.0147. The third-order valence-electron chi connectivity index (χ3n) is 4.38. The molecule has 1 aromatic carbocycles. The van der Waals surface area contributed by atoms with E-state index in [4.69, 9.17) is 9.47 Å². The largest absolute Gasteiger partial charge is 0.494 e. The van der Waals surface area contributed by atoms with Gasteiger partial charge < -0.3 is 19.7 Å². The summed E-state index contributed by atoms with van der Waals surface area (Å²) in [7, 11) is 4.13. The zero-order chi connectivity index (χ0) is 16.0. The van der Waals surface area contributed by atoms with Crippen molar-refractivity contribution in [2.45, 2.75) is 25.3 Å². The van der Waals surface area contributed by atoms with Gasteiger partial charge in [-0.25, -0.2) is 0 Å². The van der Waals surface area contributed by atoms with Gasteiger partial charge in [-0.05, 0) is 58.1 Å². The smallest absolute Gasteiger partial charge is 0.251 e. The molecule has 0 bridgehead atoms. The molecule has 0 radical (unpaired) electrons. The number of benzene rings is 1. The van der Waals surface area contributed by atoms with Crippen LogP contribution in [-0.4, -0.2) is 56.8 Å². The SMILES string of the molecule is CCOc1ccc(C(=O)NCC2(N(C)C)CCOCC2)cc1. The number of carbonyl (C=O) groups is 1. The number of carbonyl (C=O) groups excluding carboxylic acids is 1. The molecule has 0 aromatic heterocycles. The second kappa shape index (κ2) is 7.61. The lowest BCUT2D eigenvalue weighted by Gasteiger charge is -2.42. The van der Waals surface area contributed by atoms with Crippen molar-refractivity contribution in [1.29, 1.82) is 0 Å². The summed E-state index contributed by atoms with van der Waals surface area (Å²) in [6.07, 6.45) is 1.87. The number of nitrogens with one attached hydrogen (secondary N) is 1. The Bertz CT molecular complexity index is 479. The predicted octanol–water partition coefficient (Wildman–Crippen LogP) is 1.93. The van der Waals surface area contributed by atoms with Gasteiger partial charge in [-0.2, -0.15) is 0 Å². The van der Waals surface area contributed by atoms with Crippen LogP contribution in [0.25, 0.3) is 0 Å². The Hall–Kier alpha value is -1.59. The van der Waals surface area contributed by atoms with Crippen molar-refractivity contribution in [1.82, 2.24) is 10.2 Å². The highest BCUT2D eigenvalue weighted by Gasteiger charge is 2.35. The standard InChI is InChI=1S/C17H26N2O3/c1-4-22-15-7-5-14(6-8-15)16(20)18-13-17(19(2)3)9-11-21-12-10-17/h5-8H,4,9-13H2,1-3H3,(H,18,20). The summed E-state index contributed by atoms with van der Waals surface area (Å²) in [5, 5.41) is 3.07. The third-order valence-corrected chi connectivity index (χ3v) is 4.38. The molecule has 1 aromatic rings. The molecule has 1 aliphatic heterocycles. The fourth-order valence-corrected chi connectivity index (χ4v) is 2.75. The Morgan fingerprint density at radius 3 is 2.45 bits per heavy atom. The lowest BCUT2D eigenvalue weighted by atomic mass is 9.88. The van der Waals surface area contributed by atoms with Gasteiger partial charge in [0.2, 0.25) is 0 Å². The fraction of sp³-hybridized carbons (Fsp3) is 0.588. The molecule has 1 fully saturated rings. The Balaban J connectivity index is 1.95. The number of rotatable bonds is 6. The third kappa shape index (κ3) is 3.99. The van der Waals surface area contributed by atoms with E-state index in [-0.39, 0.29) is 11.4 Å². The van der Waals surface area contributed by atoms with E-state index in [9.17, 15) is 4.79 Å². The molecule has 1 amide bonds. The number of hydrogen-bond donors (Lipinski definition) is 1. The second-order valence-corrected chi connectivity index (χ2v) is 5.87. The van der Waals surface area contributed by atoms with Crippen LogP contribution in [0.3, 0.4) is 0 Å². The van der Waals surface area contributed by atoms with Gasteiger partial charge >= 0.3 is 0 Å². The van der Waals surface area contributed by atoms with Gasteiger partial charge in [0, 0.05) is 30.9 Å². The summed E-state index contributed by atoms with van der Waals surface area (Å²) >= 11 is 0. The first kappa shape index (κ1) is 16.8. The lowest BCUT2D eigenvalue weighted by molar-refractivity contribution is -0.00658. The van der Waals surface area contributed by atoms with Crippen molar-refractivity contribution in [2.75, 3.05) is 40.5 Å². The molecule has 1 saturated heterocycles. The van der Waals surface area contributed by atoms with Gasteiger partial charge in [0.15, 0.2) is 0 Å². The molecule has 0 saturated carbocycles. The molecule has 0 unspecified atom stereocenters. The van der Waals surface area contributed by atoms with Crippen LogP contribution in [0.4, 0.5) is 0 Å². The Kier molecular flexibility index (Phi) is 5.80. The van der Waals surface area contributed by atoms with Crippen molar-refractivity contribution >= 4 is 5.91 Å². The number of ether oxygens (including phenoxy) is 2. The van der Waals surface area contributed by atoms with Gasteiger partial charge in [-0.1, -0.05) is 0 Å². The summed E-state index contributed by atoms with van der Waals surface area (Å²) in [6.45, 7) is 4.69. The topological polar surface area (TPSA) is 50.8 Å². The molecule has 0 spiro atoms. The zero-order valence-corrected chi connectivity index (χ0v) is 13.7. The van der Waals surface area contributed by atoms with Crippen LogP contribution < -0.4 is 10.1 Å². The molecular weight excluding hydrogens is 280 g/mol. The van der Waals surface area contributed by atoms with Gasteiger partial charge in [-0.3, -0.25) is 4.79 Å². The first-order chi connectivity index (χ1) is 10.6. The van der Waals surface area contributed by atoms with Crippen molar-refractivity contribution in [3.63, 3.8) is 0 Å². The van der Waals surface area contributed by atoms with E-state index in [1.807, 2.05) is 19.1 Å². The summed E-state index contributed by atoms with van der Waals surface area (Å²) < 4.78 is 10.8. The van der Waals surface area contributed by atoms with E-state index in [1.165, 1.54) is 0 Å². The fourth-order valence-electron chi connectivity index (χ4n) is 2.75. The molecule has 1 aliphatic rings. The summed E-state index contributed by atoms with van der Waals surface area (Å²) in [5.41, 5.74) is 0.642. The van der Waals surface area contributed by atoms with Crippen LogP contribution in [-0.2, 0) is 4.74 Å². The van der Waals surface area contributed by atoms with E-state index in [0.717, 1.165) is 31.8 Å². The first-order valence-electron chi connectivity index (χ1n) is 7.83. The monoisotopic (exact) mass is 306 g/mol. The molecule has 0 aliphatic carbocycles. The van der Waals surface area contributed by atoms with Crippen molar-refractivity contribution < 1.29 is 14.3 Å². The highest BCUT2D eigenvalue weighted by atomic mass is 16.5. The Morgan fingerprint density at radius 1 is 1.27 bits per heavy atom. The number of amides is 1. The molecule has 2 rings (SSSR count). The van der Waals surface area contributed by atoms with E-state index in [0.29, 0.717) is 18.7 Å². The average Bonchev–Trinajstić information content (AvgIpc) is 2.54. The Morgan fingerprint density at radius 2 is 1.91 bits per heavy atom. The minimum atomic E-state index is -0.0456. The van der Waals surface area contributed by atoms with Gasteiger partial charge in [0.05, 0.1) is 6.61 Å². The first-order valence-corrected chi connectivity index (χ1v) is 7.83. The van der Waals surface area contributed by atoms with Crippen molar-refractivity contribution in [2.24, 2.45) is 0 Å². The average molecular weight is 306 g/mol. The maximum Gasteiger partial charge on any atom is 0.251 e. The van der Waals surface area contributed by atoms with Crippen LogP contribution >= 0.6 is 0 Å². The van der Waals surface area contributed by atoms with Crippen LogP contribution in [0.5, 0.6) is 5.75 Å². The molecule has 1 heterocycles.